The van der Waals surface area contributed by atoms with E-state index >= 15 is 0 Å². The maximum atomic E-state index is 13.0. The van der Waals surface area contributed by atoms with Crippen LogP contribution in [-0.4, -0.2) is 24.2 Å². The van der Waals surface area contributed by atoms with Gasteiger partial charge in [0, 0.05) is 6.42 Å². The Morgan fingerprint density at radius 1 is 0.750 bits per heavy atom. The van der Waals surface area contributed by atoms with Crippen LogP contribution in [0.4, 0.5) is 52.7 Å². The van der Waals surface area contributed by atoms with Crippen LogP contribution in [0.1, 0.15) is 6.42 Å². The van der Waals surface area contributed by atoms with E-state index in [0.717, 1.165) is 0 Å². The molecule has 0 spiro atoms. The first kappa shape index (κ1) is 18.9. The van der Waals surface area contributed by atoms with E-state index < -0.39 is 48.7 Å². The molecule has 0 fully saturated rings. The highest BCUT2D eigenvalue weighted by molar-refractivity contribution is 5.02. The van der Waals surface area contributed by atoms with Gasteiger partial charge in [0.05, 0.1) is 5.92 Å². The van der Waals surface area contributed by atoms with Crippen molar-refractivity contribution in [2.75, 3.05) is 0 Å². The average molecular weight is 328 g/mol. The molecule has 0 aliphatic rings. The monoisotopic (exact) mass is 328 g/mol. The normalized spacial score (nSPS) is 16.0. The number of rotatable bonds is 3. The van der Waals surface area contributed by atoms with E-state index in [9.17, 15) is 52.7 Å². The van der Waals surface area contributed by atoms with Crippen LogP contribution in [0.15, 0.2) is 12.2 Å². The van der Waals surface area contributed by atoms with Gasteiger partial charge < -0.3 is 0 Å². The molecule has 0 aromatic carbocycles. The highest BCUT2D eigenvalue weighted by atomic mass is 19.4. The number of alkyl halides is 10. The van der Waals surface area contributed by atoms with Gasteiger partial charge >= 0.3 is 18.5 Å². The molecule has 120 valence electrons. The predicted octanol–water partition coefficient (Wildman–Crippen LogP) is 5.17. The molecule has 0 nitrogen and oxygen atoms in total. The lowest BCUT2D eigenvalue weighted by Crippen LogP contribution is -2.55. The SMILES string of the molecule is FC(F)=CC(CC(F)(C(F)(F)F)C(F)(F)F)C(F)(F)F. The Kier molecular flexibility index (Phi) is 5.06. The van der Waals surface area contributed by atoms with Gasteiger partial charge in [-0.25, -0.2) is 4.39 Å². The molecule has 0 radical (unpaired) electrons. The molecule has 0 saturated carbocycles. The molecule has 0 heterocycles. The molecule has 1 unspecified atom stereocenters. The summed E-state index contributed by atoms with van der Waals surface area (Å²) >= 11 is 0. The van der Waals surface area contributed by atoms with E-state index in [-0.39, 0.29) is 0 Å². The van der Waals surface area contributed by atoms with Gasteiger partial charge in [0.25, 0.3) is 11.7 Å². The minimum absolute atomic E-state index is 1.20. The van der Waals surface area contributed by atoms with Crippen molar-refractivity contribution in [1.82, 2.24) is 0 Å². The molecule has 1 atom stereocenters. The van der Waals surface area contributed by atoms with Gasteiger partial charge in [0.15, 0.2) is 0 Å². The highest BCUT2D eigenvalue weighted by Crippen LogP contribution is 2.51. The summed E-state index contributed by atoms with van der Waals surface area (Å²) in [6.45, 7) is 0. The molecule has 0 aliphatic heterocycles. The maximum Gasteiger partial charge on any atom is 0.431 e. The lowest BCUT2D eigenvalue weighted by Gasteiger charge is -2.32. The Bertz CT molecular complexity index is 337. The average Bonchev–Trinajstić information content (AvgIpc) is 2.10. The van der Waals surface area contributed by atoms with E-state index in [2.05, 4.69) is 0 Å². The maximum absolute atomic E-state index is 13.0. The van der Waals surface area contributed by atoms with Gasteiger partial charge in [-0.15, -0.1) is 0 Å². The number of hydrogen-bond acceptors (Lipinski definition) is 0. The van der Waals surface area contributed by atoms with Crippen molar-refractivity contribution in [3.05, 3.63) is 12.2 Å². The van der Waals surface area contributed by atoms with Crippen LogP contribution in [0, 0.1) is 5.92 Å². The van der Waals surface area contributed by atoms with Crippen LogP contribution in [0.25, 0.3) is 0 Å². The van der Waals surface area contributed by atoms with E-state index in [1.807, 2.05) is 0 Å². The first-order chi connectivity index (χ1) is 8.52. The summed E-state index contributed by atoms with van der Waals surface area (Å²) in [5.41, 5.74) is -6.26. The third-order valence-electron chi connectivity index (χ3n) is 2.15. The van der Waals surface area contributed by atoms with Crippen molar-refractivity contribution in [3.63, 3.8) is 0 Å². The molecule has 0 amide bonds. The van der Waals surface area contributed by atoms with E-state index in [1.54, 1.807) is 0 Å². The second-order valence-electron chi connectivity index (χ2n) is 3.61. The molecule has 0 aromatic heterocycles. The molecule has 0 rings (SSSR count). The minimum atomic E-state index is -6.74. The first-order valence-electron chi connectivity index (χ1n) is 4.44. The van der Waals surface area contributed by atoms with E-state index in [4.69, 9.17) is 0 Å². The molecule has 20 heavy (non-hydrogen) atoms. The Morgan fingerprint density at radius 3 is 1.30 bits per heavy atom. The largest absolute Gasteiger partial charge is 0.431 e. The predicted molar refractivity (Wildman–Crippen MR) is 40.4 cm³/mol. The van der Waals surface area contributed by atoms with Crippen molar-refractivity contribution in [3.8, 4) is 0 Å². The summed E-state index contributed by atoms with van der Waals surface area (Å²) in [5, 5.41) is 0. The van der Waals surface area contributed by atoms with Crippen LogP contribution >= 0.6 is 0 Å². The quantitative estimate of drug-likeness (QED) is 0.627. The zero-order chi connectivity index (χ0) is 16.6. The summed E-state index contributed by atoms with van der Waals surface area (Å²) < 4.78 is 145. The third kappa shape index (κ3) is 4.20. The summed E-state index contributed by atoms with van der Waals surface area (Å²) in [6, 6.07) is 0. The van der Waals surface area contributed by atoms with Gasteiger partial charge in [-0.3, -0.25) is 0 Å². The van der Waals surface area contributed by atoms with Crippen molar-refractivity contribution in [2.24, 2.45) is 5.92 Å². The minimum Gasteiger partial charge on any atom is -0.224 e. The standard InChI is InChI=1S/C8H4F12/c9-4(10)1-3(6(12,13)14)2-5(11,7(15,16)17)8(18,19)20/h1,3H,2H2. The van der Waals surface area contributed by atoms with Gasteiger partial charge in [-0.05, 0) is 6.08 Å². The summed E-state index contributed by atoms with van der Waals surface area (Å²) in [7, 11) is 0. The molecule has 0 bridgehead atoms. The molecule has 0 saturated heterocycles. The number of hydrogen-bond donors (Lipinski definition) is 0. The van der Waals surface area contributed by atoms with Crippen LogP contribution in [0.5, 0.6) is 0 Å². The Balaban J connectivity index is 5.72. The molecular formula is C8H4F12. The van der Waals surface area contributed by atoms with Crippen molar-refractivity contribution in [1.29, 1.82) is 0 Å². The Hall–Kier alpha value is -1.10. The van der Waals surface area contributed by atoms with Crippen LogP contribution in [0.3, 0.4) is 0 Å². The zero-order valence-electron chi connectivity index (χ0n) is 8.90. The summed E-state index contributed by atoms with van der Waals surface area (Å²) in [5.74, 6) is -3.94. The third-order valence-corrected chi connectivity index (χ3v) is 2.15. The number of halogens is 12. The molecule has 0 aliphatic carbocycles. The van der Waals surface area contributed by atoms with Gasteiger partial charge in [0.1, 0.15) is 0 Å². The molecule has 12 heteroatoms. The topological polar surface area (TPSA) is 0 Å². The summed E-state index contributed by atoms with van der Waals surface area (Å²) in [6.07, 6.45) is -27.0. The van der Waals surface area contributed by atoms with Gasteiger partial charge in [-0.1, -0.05) is 0 Å². The van der Waals surface area contributed by atoms with Crippen molar-refractivity contribution >= 4 is 0 Å². The van der Waals surface area contributed by atoms with Crippen LogP contribution < -0.4 is 0 Å². The fourth-order valence-corrected chi connectivity index (χ4v) is 1.12. The lowest BCUT2D eigenvalue weighted by molar-refractivity contribution is -0.350. The van der Waals surface area contributed by atoms with Gasteiger partial charge in [-0.2, -0.15) is 48.3 Å². The number of allylic oxidation sites excluding steroid dienone is 1. The highest BCUT2D eigenvalue weighted by Gasteiger charge is 2.73. The van der Waals surface area contributed by atoms with Crippen molar-refractivity contribution in [2.45, 2.75) is 30.6 Å². The van der Waals surface area contributed by atoms with Crippen LogP contribution in [-0.2, 0) is 0 Å². The molecular weight excluding hydrogens is 324 g/mol. The fourth-order valence-electron chi connectivity index (χ4n) is 1.12. The smallest absolute Gasteiger partial charge is 0.224 e. The van der Waals surface area contributed by atoms with Crippen molar-refractivity contribution < 1.29 is 52.7 Å². The molecule has 0 N–H and O–H groups in total. The fraction of sp³-hybridized carbons (Fsp3) is 0.750. The zero-order valence-corrected chi connectivity index (χ0v) is 8.90. The second-order valence-corrected chi connectivity index (χ2v) is 3.61. The lowest BCUT2D eigenvalue weighted by atomic mass is 9.90. The van der Waals surface area contributed by atoms with E-state index in [1.165, 1.54) is 0 Å². The van der Waals surface area contributed by atoms with E-state index in [0.29, 0.717) is 0 Å². The molecule has 0 aromatic rings. The Labute approximate surface area is 103 Å². The Morgan fingerprint density at radius 2 is 1.10 bits per heavy atom. The van der Waals surface area contributed by atoms with Crippen LogP contribution in [0.2, 0.25) is 0 Å². The van der Waals surface area contributed by atoms with Gasteiger partial charge in [0.2, 0.25) is 0 Å². The first-order valence-corrected chi connectivity index (χ1v) is 4.44. The summed E-state index contributed by atoms with van der Waals surface area (Å²) in [4.78, 5) is 0. The second kappa shape index (κ2) is 5.35.